The van der Waals surface area contributed by atoms with E-state index in [1.807, 2.05) is 0 Å². The first-order valence-electron chi connectivity index (χ1n) is 7.61. The SMILES string of the molecule is CC(NC1CCCC1C)c1cc2c(s1)CCCC2. The van der Waals surface area contributed by atoms with Gasteiger partial charge in [0, 0.05) is 21.8 Å². The van der Waals surface area contributed by atoms with Crippen LogP contribution in [0.4, 0.5) is 0 Å². The maximum Gasteiger partial charge on any atom is 0.0388 e. The van der Waals surface area contributed by atoms with E-state index in [-0.39, 0.29) is 0 Å². The first-order valence-corrected chi connectivity index (χ1v) is 8.43. The van der Waals surface area contributed by atoms with Crippen LogP contribution in [-0.4, -0.2) is 6.04 Å². The molecule has 2 heteroatoms. The molecule has 0 aliphatic heterocycles. The maximum atomic E-state index is 3.86. The van der Waals surface area contributed by atoms with Crippen LogP contribution in [0.15, 0.2) is 6.07 Å². The fraction of sp³-hybridized carbons (Fsp3) is 0.750. The minimum atomic E-state index is 0.547. The third-order valence-electron chi connectivity index (χ3n) is 4.77. The lowest BCUT2D eigenvalue weighted by Crippen LogP contribution is -2.32. The molecule has 2 aliphatic rings. The molecule has 18 heavy (non-hydrogen) atoms. The van der Waals surface area contributed by atoms with E-state index >= 15 is 0 Å². The minimum absolute atomic E-state index is 0.547. The predicted molar refractivity (Wildman–Crippen MR) is 79.3 cm³/mol. The van der Waals surface area contributed by atoms with Crippen LogP contribution in [0.1, 0.15) is 67.3 Å². The molecule has 2 aliphatic carbocycles. The molecule has 1 aromatic heterocycles. The summed E-state index contributed by atoms with van der Waals surface area (Å²) in [5.41, 5.74) is 1.65. The van der Waals surface area contributed by atoms with E-state index in [0.717, 1.165) is 12.0 Å². The number of hydrogen-bond acceptors (Lipinski definition) is 2. The van der Waals surface area contributed by atoms with Gasteiger partial charge in [-0.05, 0) is 63.0 Å². The highest BCUT2D eigenvalue weighted by molar-refractivity contribution is 7.12. The predicted octanol–water partition coefficient (Wildman–Crippen LogP) is 4.47. The second kappa shape index (κ2) is 5.34. The lowest BCUT2D eigenvalue weighted by Gasteiger charge is -2.22. The van der Waals surface area contributed by atoms with Gasteiger partial charge >= 0.3 is 0 Å². The molecule has 0 saturated heterocycles. The van der Waals surface area contributed by atoms with Gasteiger partial charge in [0.25, 0.3) is 0 Å². The molecule has 100 valence electrons. The standard InChI is InChI=1S/C16H25NS/c1-11-6-5-8-14(11)17-12(2)16-10-13-7-3-4-9-15(13)18-16/h10-12,14,17H,3-9H2,1-2H3. The highest BCUT2D eigenvalue weighted by atomic mass is 32.1. The monoisotopic (exact) mass is 263 g/mol. The van der Waals surface area contributed by atoms with Crippen LogP contribution < -0.4 is 5.32 Å². The summed E-state index contributed by atoms with van der Waals surface area (Å²) in [6.45, 7) is 4.75. The van der Waals surface area contributed by atoms with Gasteiger partial charge < -0.3 is 5.32 Å². The molecule has 0 aromatic carbocycles. The topological polar surface area (TPSA) is 12.0 Å². The van der Waals surface area contributed by atoms with Crippen LogP contribution in [0.25, 0.3) is 0 Å². The molecule has 1 N–H and O–H groups in total. The minimum Gasteiger partial charge on any atom is -0.306 e. The average molecular weight is 263 g/mol. The van der Waals surface area contributed by atoms with Crippen LogP contribution in [0, 0.1) is 5.92 Å². The van der Waals surface area contributed by atoms with Crippen LogP contribution in [-0.2, 0) is 12.8 Å². The van der Waals surface area contributed by atoms with E-state index < -0.39 is 0 Å². The second-order valence-electron chi connectivity index (χ2n) is 6.21. The van der Waals surface area contributed by atoms with E-state index in [1.165, 1.54) is 44.9 Å². The summed E-state index contributed by atoms with van der Waals surface area (Å²) in [6.07, 6.45) is 9.62. The summed E-state index contributed by atoms with van der Waals surface area (Å²) in [4.78, 5) is 3.24. The van der Waals surface area contributed by atoms with Gasteiger partial charge in [-0.15, -0.1) is 11.3 Å². The summed E-state index contributed by atoms with van der Waals surface area (Å²) < 4.78 is 0. The van der Waals surface area contributed by atoms with E-state index in [4.69, 9.17) is 0 Å². The van der Waals surface area contributed by atoms with Crippen molar-refractivity contribution in [2.45, 2.75) is 70.9 Å². The molecule has 0 bridgehead atoms. The molecule has 3 rings (SSSR count). The molecule has 3 unspecified atom stereocenters. The summed E-state index contributed by atoms with van der Waals surface area (Å²) in [5, 5.41) is 3.86. The van der Waals surface area contributed by atoms with Gasteiger partial charge in [-0.1, -0.05) is 13.3 Å². The molecule has 1 fully saturated rings. The molecule has 0 amide bonds. The first kappa shape index (κ1) is 12.7. The Balaban J connectivity index is 1.68. The normalized spacial score (nSPS) is 29.2. The van der Waals surface area contributed by atoms with Gasteiger partial charge in [-0.2, -0.15) is 0 Å². The smallest absolute Gasteiger partial charge is 0.0388 e. The zero-order valence-corrected chi connectivity index (χ0v) is 12.5. The number of aryl methyl sites for hydroxylation is 2. The lowest BCUT2D eigenvalue weighted by molar-refractivity contribution is 0.391. The Kier molecular flexibility index (Phi) is 3.76. The summed E-state index contributed by atoms with van der Waals surface area (Å²) in [7, 11) is 0. The van der Waals surface area contributed by atoms with Crippen LogP contribution >= 0.6 is 11.3 Å². The number of hydrogen-bond donors (Lipinski definition) is 1. The Morgan fingerprint density at radius 1 is 1.22 bits per heavy atom. The van der Waals surface area contributed by atoms with Crippen molar-refractivity contribution in [3.05, 3.63) is 21.4 Å². The average Bonchev–Trinajstić information content (AvgIpc) is 2.96. The van der Waals surface area contributed by atoms with Gasteiger partial charge in [-0.3, -0.25) is 0 Å². The number of nitrogens with one attached hydrogen (secondary N) is 1. The van der Waals surface area contributed by atoms with Gasteiger partial charge in [0.05, 0.1) is 0 Å². The summed E-state index contributed by atoms with van der Waals surface area (Å²) in [5.74, 6) is 0.863. The van der Waals surface area contributed by atoms with Crippen molar-refractivity contribution in [2.75, 3.05) is 0 Å². The number of fused-ring (bicyclic) bond motifs is 1. The highest BCUT2D eigenvalue weighted by Gasteiger charge is 2.25. The fourth-order valence-electron chi connectivity index (χ4n) is 3.52. The molecular weight excluding hydrogens is 238 g/mol. The molecule has 0 radical (unpaired) electrons. The van der Waals surface area contributed by atoms with E-state index in [0.29, 0.717) is 6.04 Å². The number of rotatable bonds is 3. The van der Waals surface area contributed by atoms with Gasteiger partial charge in [-0.25, -0.2) is 0 Å². The Morgan fingerprint density at radius 3 is 2.78 bits per heavy atom. The summed E-state index contributed by atoms with van der Waals surface area (Å²) in [6, 6.07) is 3.78. The van der Waals surface area contributed by atoms with E-state index in [1.54, 1.807) is 15.3 Å². The zero-order chi connectivity index (χ0) is 12.5. The molecule has 1 nitrogen and oxygen atoms in total. The van der Waals surface area contributed by atoms with Crippen molar-refractivity contribution in [1.82, 2.24) is 5.32 Å². The van der Waals surface area contributed by atoms with Crippen molar-refractivity contribution in [2.24, 2.45) is 5.92 Å². The third-order valence-corrected chi connectivity index (χ3v) is 6.19. The Labute approximate surface area is 115 Å². The Morgan fingerprint density at radius 2 is 2.06 bits per heavy atom. The molecule has 3 atom stereocenters. The van der Waals surface area contributed by atoms with E-state index in [2.05, 4.69) is 36.6 Å². The van der Waals surface area contributed by atoms with Crippen molar-refractivity contribution in [3.8, 4) is 0 Å². The number of thiophene rings is 1. The Hall–Kier alpha value is -0.340. The molecule has 1 heterocycles. The molecule has 1 aromatic rings. The Bertz CT molecular complexity index is 386. The van der Waals surface area contributed by atoms with Crippen molar-refractivity contribution < 1.29 is 0 Å². The lowest BCUT2D eigenvalue weighted by atomic mass is 9.98. The van der Waals surface area contributed by atoms with Crippen LogP contribution in [0.5, 0.6) is 0 Å². The van der Waals surface area contributed by atoms with Gasteiger partial charge in [0.15, 0.2) is 0 Å². The van der Waals surface area contributed by atoms with Crippen molar-refractivity contribution in [1.29, 1.82) is 0 Å². The zero-order valence-electron chi connectivity index (χ0n) is 11.7. The fourth-order valence-corrected chi connectivity index (χ4v) is 4.79. The van der Waals surface area contributed by atoms with Gasteiger partial charge in [0.1, 0.15) is 0 Å². The first-order chi connectivity index (χ1) is 8.74. The molecular formula is C16H25NS. The van der Waals surface area contributed by atoms with Gasteiger partial charge in [0.2, 0.25) is 0 Å². The van der Waals surface area contributed by atoms with Crippen LogP contribution in [0.3, 0.4) is 0 Å². The quantitative estimate of drug-likeness (QED) is 0.848. The van der Waals surface area contributed by atoms with E-state index in [9.17, 15) is 0 Å². The molecule has 1 saturated carbocycles. The third kappa shape index (κ3) is 2.50. The van der Waals surface area contributed by atoms with Crippen LogP contribution in [0.2, 0.25) is 0 Å². The maximum absolute atomic E-state index is 3.86. The largest absolute Gasteiger partial charge is 0.306 e. The van der Waals surface area contributed by atoms with Crippen molar-refractivity contribution >= 4 is 11.3 Å². The summed E-state index contributed by atoms with van der Waals surface area (Å²) >= 11 is 2.07. The highest BCUT2D eigenvalue weighted by Crippen LogP contribution is 2.34. The second-order valence-corrected chi connectivity index (χ2v) is 7.38. The molecule has 0 spiro atoms. The van der Waals surface area contributed by atoms with Crippen molar-refractivity contribution in [3.63, 3.8) is 0 Å².